The van der Waals surface area contributed by atoms with Gasteiger partial charge in [-0.25, -0.2) is 0 Å². The number of amides is 1. The zero-order valence-corrected chi connectivity index (χ0v) is 11.6. The van der Waals surface area contributed by atoms with E-state index < -0.39 is 5.60 Å². The van der Waals surface area contributed by atoms with Crippen LogP contribution in [0.1, 0.15) is 43.9 Å². The van der Waals surface area contributed by atoms with E-state index in [1.807, 2.05) is 17.5 Å². The molecule has 2 N–H and O–H groups in total. The molecule has 1 unspecified atom stereocenters. The Labute approximate surface area is 112 Å². The van der Waals surface area contributed by atoms with Gasteiger partial charge in [0.2, 0.25) is 5.91 Å². The standard InChI is InChI=1S/C14H21NO2S/c1-14(17,12-8-5-9-18-12)10-15-13(16)11-6-3-2-4-7-11/h5,8-9,11,17H,2-4,6-7,10H2,1H3,(H,15,16). The first-order chi connectivity index (χ1) is 8.59. The van der Waals surface area contributed by atoms with Gasteiger partial charge in [0, 0.05) is 10.8 Å². The normalized spacial score (nSPS) is 20.3. The van der Waals surface area contributed by atoms with E-state index in [0.29, 0.717) is 6.54 Å². The van der Waals surface area contributed by atoms with Gasteiger partial charge in [0.05, 0.1) is 6.54 Å². The minimum absolute atomic E-state index is 0.103. The monoisotopic (exact) mass is 267 g/mol. The average Bonchev–Trinajstić information content (AvgIpc) is 2.92. The van der Waals surface area contributed by atoms with Crippen molar-refractivity contribution in [3.8, 4) is 0 Å². The SMILES string of the molecule is CC(O)(CNC(=O)C1CCCCC1)c1cccs1. The Balaban J connectivity index is 1.85. The molecular weight excluding hydrogens is 246 g/mol. The summed E-state index contributed by atoms with van der Waals surface area (Å²) < 4.78 is 0. The first kappa shape index (κ1) is 13.6. The highest BCUT2D eigenvalue weighted by molar-refractivity contribution is 7.10. The van der Waals surface area contributed by atoms with Crippen molar-refractivity contribution in [1.29, 1.82) is 0 Å². The first-order valence-electron chi connectivity index (χ1n) is 6.64. The van der Waals surface area contributed by atoms with Crippen LogP contribution in [-0.4, -0.2) is 17.6 Å². The maximum absolute atomic E-state index is 12.0. The average molecular weight is 267 g/mol. The molecule has 100 valence electrons. The number of hydrogen-bond donors (Lipinski definition) is 2. The second kappa shape index (κ2) is 5.85. The summed E-state index contributed by atoms with van der Waals surface area (Å²) in [7, 11) is 0. The van der Waals surface area contributed by atoms with E-state index in [9.17, 15) is 9.90 Å². The minimum atomic E-state index is -0.960. The molecule has 2 rings (SSSR count). The van der Waals surface area contributed by atoms with Crippen LogP contribution in [0.3, 0.4) is 0 Å². The van der Waals surface area contributed by atoms with Crippen molar-refractivity contribution >= 4 is 17.2 Å². The first-order valence-corrected chi connectivity index (χ1v) is 7.51. The highest BCUT2D eigenvalue weighted by Gasteiger charge is 2.27. The largest absolute Gasteiger partial charge is 0.383 e. The number of aliphatic hydroxyl groups is 1. The molecular formula is C14H21NO2S. The smallest absolute Gasteiger partial charge is 0.223 e. The molecule has 18 heavy (non-hydrogen) atoms. The van der Waals surface area contributed by atoms with Gasteiger partial charge in [0.15, 0.2) is 0 Å². The fourth-order valence-electron chi connectivity index (χ4n) is 2.44. The Morgan fingerprint density at radius 2 is 2.22 bits per heavy atom. The lowest BCUT2D eigenvalue weighted by Crippen LogP contribution is -2.41. The number of thiophene rings is 1. The molecule has 1 aromatic heterocycles. The molecule has 1 aliphatic rings. The van der Waals surface area contributed by atoms with Gasteiger partial charge < -0.3 is 10.4 Å². The second-order valence-electron chi connectivity index (χ2n) is 5.30. The Bertz CT molecular complexity index is 381. The molecule has 1 saturated carbocycles. The quantitative estimate of drug-likeness (QED) is 0.881. The highest BCUT2D eigenvalue weighted by Crippen LogP contribution is 2.26. The van der Waals surface area contributed by atoms with Crippen LogP contribution in [0.2, 0.25) is 0 Å². The molecule has 4 heteroatoms. The van der Waals surface area contributed by atoms with Crippen LogP contribution < -0.4 is 5.32 Å². The number of nitrogens with one attached hydrogen (secondary N) is 1. The number of hydrogen-bond acceptors (Lipinski definition) is 3. The molecule has 0 bridgehead atoms. The van der Waals surface area contributed by atoms with Crippen molar-refractivity contribution in [3.05, 3.63) is 22.4 Å². The van der Waals surface area contributed by atoms with Gasteiger partial charge in [-0.2, -0.15) is 0 Å². The van der Waals surface area contributed by atoms with Gasteiger partial charge in [-0.3, -0.25) is 4.79 Å². The zero-order chi connectivity index (χ0) is 13.0. The van der Waals surface area contributed by atoms with Gasteiger partial charge in [0.1, 0.15) is 5.60 Å². The van der Waals surface area contributed by atoms with Gasteiger partial charge in [0.25, 0.3) is 0 Å². The molecule has 1 atom stereocenters. The molecule has 0 saturated heterocycles. The Morgan fingerprint density at radius 1 is 1.50 bits per heavy atom. The molecule has 1 aromatic rings. The molecule has 0 spiro atoms. The topological polar surface area (TPSA) is 49.3 Å². The van der Waals surface area contributed by atoms with Crippen LogP contribution in [0.25, 0.3) is 0 Å². The van der Waals surface area contributed by atoms with Gasteiger partial charge >= 0.3 is 0 Å². The molecule has 1 heterocycles. The van der Waals surface area contributed by atoms with Crippen LogP contribution >= 0.6 is 11.3 Å². The highest BCUT2D eigenvalue weighted by atomic mass is 32.1. The third-order valence-corrected chi connectivity index (χ3v) is 4.76. The van der Waals surface area contributed by atoms with Crippen LogP contribution in [0.4, 0.5) is 0 Å². The summed E-state index contributed by atoms with van der Waals surface area (Å²) in [5.74, 6) is 0.254. The van der Waals surface area contributed by atoms with Crippen molar-refractivity contribution in [3.63, 3.8) is 0 Å². The maximum Gasteiger partial charge on any atom is 0.223 e. The molecule has 1 fully saturated rings. The van der Waals surface area contributed by atoms with Crippen molar-refractivity contribution in [2.75, 3.05) is 6.54 Å². The zero-order valence-electron chi connectivity index (χ0n) is 10.8. The van der Waals surface area contributed by atoms with Crippen LogP contribution in [0, 0.1) is 5.92 Å². The second-order valence-corrected chi connectivity index (χ2v) is 6.25. The summed E-state index contributed by atoms with van der Waals surface area (Å²) in [6, 6.07) is 3.81. The number of carbonyl (C=O) groups is 1. The maximum atomic E-state index is 12.0. The van der Waals surface area contributed by atoms with Gasteiger partial charge in [-0.15, -0.1) is 11.3 Å². The molecule has 0 aromatic carbocycles. The van der Waals surface area contributed by atoms with E-state index in [-0.39, 0.29) is 11.8 Å². The number of rotatable bonds is 4. The summed E-state index contributed by atoms with van der Waals surface area (Å²) >= 11 is 1.52. The van der Waals surface area contributed by atoms with Crippen molar-refractivity contribution in [2.24, 2.45) is 5.92 Å². The van der Waals surface area contributed by atoms with Crippen LogP contribution in [0.15, 0.2) is 17.5 Å². The summed E-state index contributed by atoms with van der Waals surface area (Å²) in [5.41, 5.74) is -0.960. The lowest BCUT2D eigenvalue weighted by molar-refractivity contribution is -0.127. The summed E-state index contributed by atoms with van der Waals surface area (Å²) in [6.07, 6.45) is 5.54. The van der Waals surface area contributed by atoms with Gasteiger partial charge in [-0.05, 0) is 31.2 Å². The predicted octanol–water partition coefficient (Wildman–Crippen LogP) is 2.65. The van der Waals surface area contributed by atoms with E-state index in [4.69, 9.17) is 0 Å². The molecule has 3 nitrogen and oxygen atoms in total. The summed E-state index contributed by atoms with van der Waals surface area (Å²) in [6.45, 7) is 2.04. The van der Waals surface area contributed by atoms with Gasteiger partial charge in [-0.1, -0.05) is 25.3 Å². The lowest BCUT2D eigenvalue weighted by atomic mass is 9.88. The van der Waals surface area contributed by atoms with Crippen LogP contribution in [0.5, 0.6) is 0 Å². The van der Waals surface area contributed by atoms with E-state index in [2.05, 4.69) is 5.32 Å². The van der Waals surface area contributed by atoms with E-state index in [0.717, 1.165) is 30.6 Å². The van der Waals surface area contributed by atoms with Crippen molar-refractivity contribution in [1.82, 2.24) is 5.32 Å². The summed E-state index contributed by atoms with van der Waals surface area (Å²) in [5, 5.41) is 15.2. The minimum Gasteiger partial charge on any atom is -0.383 e. The van der Waals surface area contributed by atoms with Crippen molar-refractivity contribution < 1.29 is 9.90 Å². The fraction of sp³-hybridized carbons (Fsp3) is 0.643. The molecule has 1 aliphatic carbocycles. The summed E-state index contributed by atoms with van der Waals surface area (Å²) in [4.78, 5) is 12.9. The Kier molecular flexibility index (Phi) is 4.40. The molecule has 1 amide bonds. The third kappa shape index (κ3) is 3.33. The lowest BCUT2D eigenvalue weighted by Gasteiger charge is -2.25. The van der Waals surface area contributed by atoms with E-state index in [1.165, 1.54) is 17.8 Å². The van der Waals surface area contributed by atoms with E-state index in [1.54, 1.807) is 6.92 Å². The van der Waals surface area contributed by atoms with Crippen LogP contribution in [-0.2, 0) is 10.4 Å². The third-order valence-electron chi connectivity index (χ3n) is 3.63. The Hall–Kier alpha value is -0.870. The fourth-order valence-corrected chi connectivity index (χ4v) is 3.23. The Morgan fingerprint density at radius 3 is 2.83 bits per heavy atom. The molecule has 0 radical (unpaired) electrons. The van der Waals surface area contributed by atoms with Crippen molar-refractivity contribution in [2.45, 2.75) is 44.6 Å². The predicted molar refractivity (Wildman–Crippen MR) is 73.5 cm³/mol. The van der Waals surface area contributed by atoms with E-state index >= 15 is 0 Å². The molecule has 0 aliphatic heterocycles. The number of carbonyl (C=O) groups excluding carboxylic acids is 1.